The second-order valence-electron chi connectivity index (χ2n) is 4.75. The Morgan fingerprint density at radius 3 is 2.14 bits per heavy atom. The van der Waals surface area contributed by atoms with E-state index >= 15 is 0 Å². The van der Waals surface area contributed by atoms with E-state index in [0.717, 1.165) is 19.3 Å². The van der Waals surface area contributed by atoms with E-state index in [4.69, 9.17) is 0 Å². The van der Waals surface area contributed by atoms with Gasteiger partial charge in [0.1, 0.15) is 0 Å². The Kier molecular flexibility index (Phi) is 6.17. The van der Waals surface area contributed by atoms with Gasteiger partial charge in [0.15, 0.2) is 5.12 Å². The Morgan fingerprint density at radius 2 is 1.71 bits per heavy atom. The summed E-state index contributed by atoms with van der Waals surface area (Å²) in [5, 5.41) is 0.319. The van der Waals surface area contributed by atoms with Crippen molar-refractivity contribution in [3.05, 3.63) is 12.2 Å². The van der Waals surface area contributed by atoms with E-state index in [1.807, 2.05) is 6.92 Å². The van der Waals surface area contributed by atoms with E-state index in [2.05, 4.69) is 27.4 Å². The lowest BCUT2D eigenvalue weighted by atomic mass is 10.1. The number of carbonyl (C=O) groups is 1. The van der Waals surface area contributed by atoms with Gasteiger partial charge in [-0.15, -0.1) is 6.58 Å². The quantitative estimate of drug-likeness (QED) is 0.504. The lowest BCUT2D eigenvalue weighted by molar-refractivity contribution is -0.111. The normalized spacial score (nSPS) is 11.4. The third-order valence-corrected chi connectivity index (χ3v) is 2.70. The maximum Gasteiger partial charge on any atom is 0.189 e. The van der Waals surface area contributed by atoms with Crippen molar-refractivity contribution in [2.24, 2.45) is 0 Å². The van der Waals surface area contributed by atoms with Crippen molar-refractivity contribution in [2.45, 2.75) is 58.1 Å². The predicted molar refractivity (Wildman–Crippen MR) is 65.6 cm³/mol. The number of rotatable bonds is 5. The van der Waals surface area contributed by atoms with Crippen LogP contribution in [-0.4, -0.2) is 9.86 Å². The number of unbranched alkanes of at least 4 members (excludes halogenated alkanes) is 1. The van der Waals surface area contributed by atoms with Crippen LogP contribution in [0.1, 0.15) is 53.4 Å². The van der Waals surface area contributed by atoms with Crippen molar-refractivity contribution in [3.8, 4) is 0 Å². The average molecular weight is 214 g/mol. The highest BCUT2D eigenvalue weighted by atomic mass is 32.2. The summed E-state index contributed by atoms with van der Waals surface area (Å²) >= 11 is 1.45. The molecule has 0 amide bonds. The van der Waals surface area contributed by atoms with Crippen LogP contribution in [0.2, 0.25) is 0 Å². The molecule has 0 fully saturated rings. The van der Waals surface area contributed by atoms with Crippen molar-refractivity contribution < 1.29 is 4.79 Å². The second-order valence-corrected chi connectivity index (χ2v) is 6.63. The van der Waals surface area contributed by atoms with E-state index in [1.165, 1.54) is 17.3 Å². The molecule has 0 atom stereocenters. The average Bonchev–Trinajstić information content (AvgIpc) is 1.94. The van der Waals surface area contributed by atoms with Crippen molar-refractivity contribution in [1.82, 2.24) is 0 Å². The van der Waals surface area contributed by atoms with E-state index in [9.17, 15) is 4.79 Å². The minimum Gasteiger partial charge on any atom is -0.287 e. The summed E-state index contributed by atoms with van der Waals surface area (Å²) in [6.07, 6.45) is 3.84. The first-order valence-electron chi connectivity index (χ1n) is 5.17. The Balaban J connectivity index is 3.50. The fourth-order valence-electron chi connectivity index (χ4n) is 1.09. The van der Waals surface area contributed by atoms with Crippen LogP contribution in [0.5, 0.6) is 0 Å². The van der Waals surface area contributed by atoms with Gasteiger partial charge in [-0.2, -0.15) is 0 Å². The highest BCUT2D eigenvalue weighted by Gasteiger charge is 2.15. The van der Waals surface area contributed by atoms with Gasteiger partial charge in [0.25, 0.3) is 0 Å². The zero-order valence-electron chi connectivity index (χ0n) is 9.85. The molecule has 0 aliphatic heterocycles. The topological polar surface area (TPSA) is 17.1 Å². The van der Waals surface area contributed by atoms with Gasteiger partial charge >= 0.3 is 0 Å². The Hall–Kier alpha value is -0.240. The van der Waals surface area contributed by atoms with Crippen LogP contribution in [0.15, 0.2) is 12.2 Å². The summed E-state index contributed by atoms with van der Waals surface area (Å²) in [5.41, 5.74) is 1.21. The smallest absolute Gasteiger partial charge is 0.189 e. The molecule has 14 heavy (non-hydrogen) atoms. The molecule has 0 aliphatic carbocycles. The van der Waals surface area contributed by atoms with Gasteiger partial charge < -0.3 is 0 Å². The standard InChI is InChI=1S/C12H22OS/c1-10(2)8-6-7-9-11(13)14-12(3,4)5/h1,6-9H2,2-5H3. The number of thioether (sulfide) groups is 1. The summed E-state index contributed by atoms with van der Waals surface area (Å²) in [6.45, 7) is 12.1. The summed E-state index contributed by atoms with van der Waals surface area (Å²) < 4.78 is 0.0609. The Labute approximate surface area is 92.3 Å². The largest absolute Gasteiger partial charge is 0.287 e. The first-order chi connectivity index (χ1) is 6.31. The maximum atomic E-state index is 11.4. The van der Waals surface area contributed by atoms with E-state index in [0.29, 0.717) is 11.5 Å². The zero-order chi connectivity index (χ0) is 11.2. The third kappa shape index (κ3) is 9.85. The van der Waals surface area contributed by atoms with Gasteiger partial charge in [0.05, 0.1) is 0 Å². The lowest BCUT2D eigenvalue weighted by Gasteiger charge is -2.15. The van der Waals surface area contributed by atoms with Gasteiger partial charge in [-0.05, 0) is 26.2 Å². The molecule has 0 bridgehead atoms. The maximum absolute atomic E-state index is 11.4. The molecule has 0 radical (unpaired) electrons. The molecule has 2 heteroatoms. The van der Waals surface area contributed by atoms with Crippen LogP contribution in [0, 0.1) is 0 Å². The molecule has 0 saturated heterocycles. The van der Waals surface area contributed by atoms with Crippen LogP contribution >= 0.6 is 11.8 Å². The molecule has 0 unspecified atom stereocenters. The first kappa shape index (κ1) is 13.8. The summed E-state index contributed by atoms with van der Waals surface area (Å²) in [5.74, 6) is 0. The fraction of sp³-hybridized carbons (Fsp3) is 0.750. The SMILES string of the molecule is C=C(C)CCCCC(=O)SC(C)(C)C. The van der Waals surface area contributed by atoms with E-state index in [-0.39, 0.29) is 4.75 Å². The highest BCUT2D eigenvalue weighted by molar-refractivity contribution is 8.14. The number of hydrogen-bond acceptors (Lipinski definition) is 2. The van der Waals surface area contributed by atoms with Gasteiger partial charge in [0.2, 0.25) is 0 Å². The molecule has 0 heterocycles. The predicted octanol–water partition coefficient (Wildman–Crippen LogP) is 4.18. The van der Waals surface area contributed by atoms with Crippen molar-refractivity contribution >= 4 is 16.9 Å². The molecule has 0 spiro atoms. The van der Waals surface area contributed by atoms with Gasteiger partial charge in [-0.1, -0.05) is 38.1 Å². The molecule has 0 rings (SSSR count). The number of hydrogen-bond donors (Lipinski definition) is 0. The summed E-state index contributed by atoms with van der Waals surface area (Å²) in [7, 11) is 0. The minimum absolute atomic E-state index is 0.0609. The molecule has 0 aromatic rings. The monoisotopic (exact) mass is 214 g/mol. The minimum atomic E-state index is 0.0609. The third-order valence-electron chi connectivity index (χ3n) is 1.65. The number of allylic oxidation sites excluding steroid dienone is 1. The molecule has 0 N–H and O–H groups in total. The molecule has 82 valence electrons. The number of carbonyl (C=O) groups excluding carboxylic acids is 1. The molecule has 0 aromatic heterocycles. The van der Waals surface area contributed by atoms with Gasteiger partial charge in [0, 0.05) is 11.2 Å². The van der Waals surface area contributed by atoms with E-state index in [1.54, 1.807) is 0 Å². The van der Waals surface area contributed by atoms with E-state index < -0.39 is 0 Å². The van der Waals surface area contributed by atoms with Crippen molar-refractivity contribution in [3.63, 3.8) is 0 Å². The van der Waals surface area contributed by atoms with Gasteiger partial charge in [-0.25, -0.2) is 0 Å². The first-order valence-corrected chi connectivity index (χ1v) is 5.99. The summed E-state index contributed by atoms with van der Waals surface area (Å²) in [6, 6.07) is 0. The highest BCUT2D eigenvalue weighted by Crippen LogP contribution is 2.25. The van der Waals surface area contributed by atoms with Crippen molar-refractivity contribution in [2.75, 3.05) is 0 Å². The van der Waals surface area contributed by atoms with Crippen LogP contribution in [0.4, 0.5) is 0 Å². The van der Waals surface area contributed by atoms with Crippen LogP contribution in [-0.2, 0) is 4.79 Å². The molecular formula is C12H22OS. The molecule has 0 aliphatic rings. The Bertz CT molecular complexity index is 201. The zero-order valence-corrected chi connectivity index (χ0v) is 10.7. The molecule has 0 saturated carbocycles. The Morgan fingerprint density at radius 1 is 1.21 bits per heavy atom. The second kappa shape index (κ2) is 6.28. The molecule has 0 aromatic carbocycles. The van der Waals surface area contributed by atoms with Crippen LogP contribution < -0.4 is 0 Å². The summed E-state index contributed by atoms with van der Waals surface area (Å²) in [4.78, 5) is 11.4. The van der Waals surface area contributed by atoms with Crippen LogP contribution in [0.3, 0.4) is 0 Å². The van der Waals surface area contributed by atoms with Gasteiger partial charge in [-0.3, -0.25) is 4.79 Å². The molecular weight excluding hydrogens is 192 g/mol. The molecule has 1 nitrogen and oxygen atoms in total. The van der Waals surface area contributed by atoms with Crippen molar-refractivity contribution in [1.29, 1.82) is 0 Å². The lowest BCUT2D eigenvalue weighted by Crippen LogP contribution is -2.11. The fourth-order valence-corrected chi connectivity index (χ4v) is 2.02. The van der Waals surface area contributed by atoms with Crippen LogP contribution in [0.25, 0.3) is 0 Å².